The number of para-hydroxylation sites is 1. The maximum absolute atomic E-state index is 11.5. The van der Waals surface area contributed by atoms with E-state index >= 15 is 0 Å². The van der Waals surface area contributed by atoms with Crippen LogP contribution in [-0.2, 0) is 4.79 Å². The summed E-state index contributed by atoms with van der Waals surface area (Å²) in [5.74, 6) is 0.823. The summed E-state index contributed by atoms with van der Waals surface area (Å²) in [5.41, 5.74) is 4.32. The van der Waals surface area contributed by atoms with E-state index in [0.29, 0.717) is 16.7 Å². The molecule has 1 amide bonds. The van der Waals surface area contributed by atoms with Crippen molar-refractivity contribution in [1.29, 1.82) is 0 Å². The van der Waals surface area contributed by atoms with Gasteiger partial charge in [0.2, 0.25) is 0 Å². The summed E-state index contributed by atoms with van der Waals surface area (Å²) in [4.78, 5) is 14.7. The number of aromatic amines is 1. The molecule has 0 saturated carbocycles. The molecular weight excluding hydrogens is 378 g/mol. The molecule has 0 saturated heterocycles. The number of aromatic nitrogens is 4. The number of carbonyl (C=O) groups excluding carboxylic acids is 1. The molecular formula is C19H17N5O3S. The van der Waals surface area contributed by atoms with Crippen LogP contribution in [0.2, 0.25) is 0 Å². The molecule has 0 aliphatic heterocycles. The molecule has 8 nitrogen and oxygen atoms in total. The van der Waals surface area contributed by atoms with E-state index in [1.165, 1.54) is 11.8 Å². The number of fused-ring (bicyclic) bond motifs is 1. The molecule has 9 heteroatoms. The number of nitrogens with zero attached hydrogens (tertiary/aromatic N) is 3. The summed E-state index contributed by atoms with van der Waals surface area (Å²) in [5, 5.41) is 19.0. The van der Waals surface area contributed by atoms with Crippen molar-refractivity contribution in [3.05, 3.63) is 54.7 Å². The third kappa shape index (κ3) is 3.32. The number of thioether (sulfide) groups is 1. The summed E-state index contributed by atoms with van der Waals surface area (Å²) >= 11 is 1.18. The lowest BCUT2D eigenvalue weighted by Crippen LogP contribution is -2.20. The lowest BCUT2D eigenvalue weighted by Gasteiger charge is -2.11. The quantitative estimate of drug-likeness (QED) is 0.263. The summed E-state index contributed by atoms with van der Waals surface area (Å²) in [6.07, 6.45) is 1.89. The lowest BCUT2D eigenvalue weighted by atomic mass is 10.1. The first-order valence-electron chi connectivity index (χ1n) is 8.43. The van der Waals surface area contributed by atoms with Gasteiger partial charge in [-0.25, -0.2) is 5.48 Å². The number of hydroxylamine groups is 1. The number of carbonyl (C=O) groups is 1. The number of H-pyrrole nitrogens is 1. The smallest absolute Gasteiger partial charge is 0.253 e. The zero-order chi connectivity index (χ0) is 19.5. The second-order valence-electron chi connectivity index (χ2n) is 5.91. The Morgan fingerprint density at radius 2 is 2.11 bits per heavy atom. The van der Waals surface area contributed by atoms with Gasteiger partial charge in [0.15, 0.2) is 11.0 Å². The van der Waals surface area contributed by atoms with E-state index in [2.05, 4.69) is 15.2 Å². The predicted octanol–water partition coefficient (Wildman–Crippen LogP) is 3.02. The highest BCUT2D eigenvalue weighted by molar-refractivity contribution is 7.99. The normalized spacial score (nSPS) is 10.9. The van der Waals surface area contributed by atoms with Crippen molar-refractivity contribution in [2.45, 2.75) is 5.16 Å². The molecule has 4 rings (SSSR count). The van der Waals surface area contributed by atoms with Crippen LogP contribution in [0.4, 0.5) is 0 Å². The molecule has 0 aliphatic carbocycles. The van der Waals surface area contributed by atoms with Crippen molar-refractivity contribution in [2.75, 3.05) is 12.9 Å². The standard InChI is InChI=1S/C19H17N5O3S/c1-27-13-6-4-5-12(9-13)24-18(21-22-19(24)28-11-17(25)23-26)15-10-20-16-8-3-2-7-14(15)16/h2-10,20,26H,11H2,1H3,(H,23,25). The Bertz CT molecular complexity index is 1140. The SMILES string of the molecule is COc1cccc(-n2c(SCC(=O)NO)nnc2-c2c[nH]c3ccccc23)c1. The number of hydrogen-bond acceptors (Lipinski definition) is 6. The van der Waals surface area contributed by atoms with Crippen molar-refractivity contribution in [1.82, 2.24) is 25.2 Å². The first-order chi connectivity index (χ1) is 13.7. The van der Waals surface area contributed by atoms with E-state index in [9.17, 15) is 4.79 Å². The van der Waals surface area contributed by atoms with Gasteiger partial charge >= 0.3 is 0 Å². The Morgan fingerprint density at radius 1 is 1.25 bits per heavy atom. The Morgan fingerprint density at radius 3 is 2.93 bits per heavy atom. The van der Waals surface area contributed by atoms with Gasteiger partial charge in [0, 0.05) is 28.7 Å². The fourth-order valence-electron chi connectivity index (χ4n) is 2.94. The number of amides is 1. The molecule has 2 heterocycles. The minimum atomic E-state index is -0.515. The zero-order valence-electron chi connectivity index (χ0n) is 14.9. The minimum absolute atomic E-state index is 0.00643. The summed E-state index contributed by atoms with van der Waals surface area (Å²) in [6, 6.07) is 15.5. The van der Waals surface area contributed by atoms with Crippen LogP contribution in [0.3, 0.4) is 0 Å². The van der Waals surface area contributed by atoms with E-state index < -0.39 is 5.91 Å². The van der Waals surface area contributed by atoms with Crippen LogP contribution in [0.1, 0.15) is 0 Å². The highest BCUT2D eigenvalue weighted by Gasteiger charge is 2.20. The second kappa shape index (κ2) is 7.75. The third-order valence-electron chi connectivity index (χ3n) is 4.23. The first-order valence-corrected chi connectivity index (χ1v) is 9.42. The lowest BCUT2D eigenvalue weighted by molar-refractivity contribution is -0.126. The maximum atomic E-state index is 11.5. The molecule has 0 atom stereocenters. The highest BCUT2D eigenvalue weighted by Crippen LogP contribution is 2.33. The molecule has 2 aromatic heterocycles. The Hall–Kier alpha value is -3.30. The molecule has 0 radical (unpaired) electrons. The fourth-order valence-corrected chi connectivity index (χ4v) is 3.68. The average molecular weight is 395 g/mol. The molecule has 0 fully saturated rings. The monoisotopic (exact) mass is 395 g/mol. The zero-order valence-corrected chi connectivity index (χ0v) is 15.7. The fraction of sp³-hybridized carbons (Fsp3) is 0.105. The summed E-state index contributed by atoms with van der Waals surface area (Å²) in [7, 11) is 1.60. The van der Waals surface area contributed by atoms with Crippen molar-refractivity contribution in [2.24, 2.45) is 0 Å². The molecule has 2 aromatic carbocycles. The largest absolute Gasteiger partial charge is 0.497 e. The number of ether oxygens (including phenoxy) is 1. The first kappa shape index (κ1) is 18.1. The molecule has 0 spiro atoms. The second-order valence-corrected chi connectivity index (χ2v) is 6.86. The minimum Gasteiger partial charge on any atom is -0.497 e. The maximum Gasteiger partial charge on any atom is 0.253 e. The van der Waals surface area contributed by atoms with E-state index in [-0.39, 0.29) is 5.75 Å². The van der Waals surface area contributed by atoms with Crippen LogP contribution in [0.25, 0.3) is 28.0 Å². The predicted molar refractivity (Wildman–Crippen MR) is 106 cm³/mol. The van der Waals surface area contributed by atoms with Crippen LogP contribution < -0.4 is 10.2 Å². The number of methoxy groups -OCH3 is 1. The van der Waals surface area contributed by atoms with Crippen LogP contribution in [0, 0.1) is 0 Å². The van der Waals surface area contributed by atoms with E-state index in [1.807, 2.05) is 59.3 Å². The Balaban J connectivity index is 1.86. The van der Waals surface area contributed by atoms with Gasteiger partial charge in [-0.1, -0.05) is 36.0 Å². The average Bonchev–Trinajstić information content (AvgIpc) is 3.35. The van der Waals surface area contributed by atoms with Gasteiger partial charge in [0.05, 0.1) is 18.6 Å². The van der Waals surface area contributed by atoms with E-state index in [1.54, 1.807) is 12.6 Å². The van der Waals surface area contributed by atoms with Crippen LogP contribution in [-0.4, -0.2) is 43.7 Å². The van der Waals surface area contributed by atoms with Crippen molar-refractivity contribution in [3.63, 3.8) is 0 Å². The molecule has 4 aromatic rings. The molecule has 0 unspecified atom stereocenters. The van der Waals surface area contributed by atoms with E-state index in [0.717, 1.165) is 22.2 Å². The Kier molecular flexibility index (Phi) is 5.00. The van der Waals surface area contributed by atoms with Crippen molar-refractivity contribution < 1.29 is 14.7 Å². The molecule has 28 heavy (non-hydrogen) atoms. The third-order valence-corrected chi connectivity index (χ3v) is 5.16. The van der Waals surface area contributed by atoms with Gasteiger partial charge in [-0.3, -0.25) is 14.6 Å². The molecule has 3 N–H and O–H groups in total. The van der Waals surface area contributed by atoms with Gasteiger partial charge in [0.25, 0.3) is 5.91 Å². The van der Waals surface area contributed by atoms with Gasteiger partial charge in [-0.2, -0.15) is 0 Å². The van der Waals surface area contributed by atoms with Gasteiger partial charge in [-0.05, 0) is 18.2 Å². The Labute approximate surface area is 164 Å². The van der Waals surface area contributed by atoms with Gasteiger partial charge in [-0.15, -0.1) is 10.2 Å². The van der Waals surface area contributed by atoms with Crippen molar-refractivity contribution in [3.8, 4) is 22.8 Å². The molecule has 0 aliphatic rings. The summed E-state index contributed by atoms with van der Waals surface area (Å²) in [6.45, 7) is 0. The topological polar surface area (TPSA) is 105 Å². The summed E-state index contributed by atoms with van der Waals surface area (Å²) < 4.78 is 7.21. The number of nitrogens with one attached hydrogen (secondary N) is 2. The highest BCUT2D eigenvalue weighted by atomic mass is 32.2. The van der Waals surface area contributed by atoms with Gasteiger partial charge in [0.1, 0.15) is 5.75 Å². The van der Waals surface area contributed by atoms with Crippen LogP contribution in [0.15, 0.2) is 59.9 Å². The van der Waals surface area contributed by atoms with Gasteiger partial charge < -0.3 is 9.72 Å². The molecule has 142 valence electrons. The molecule has 0 bridgehead atoms. The van der Waals surface area contributed by atoms with Crippen molar-refractivity contribution >= 4 is 28.6 Å². The van der Waals surface area contributed by atoms with Crippen LogP contribution >= 0.6 is 11.8 Å². The van der Waals surface area contributed by atoms with E-state index in [4.69, 9.17) is 9.94 Å². The van der Waals surface area contributed by atoms with Crippen LogP contribution in [0.5, 0.6) is 5.75 Å². The number of rotatable bonds is 6. The number of benzene rings is 2. The number of hydrogen-bond donors (Lipinski definition) is 3.